The van der Waals surface area contributed by atoms with Gasteiger partial charge in [-0.2, -0.15) is 5.10 Å². The number of hydrogen-bond acceptors (Lipinski definition) is 3. The van der Waals surface area contributed by atoms with Crippen LogP contribution in [-0.4, -0.2) is 22.2 Å². The molecule has 1 heterocycles. The molecule has 1 N–H and O–H groups in total. The summed E-state index contributed by atoms with van der Waals surface area (Å²) < 4.78 is 14.7. The molecular formula is C18H16FN3O2. The molecule has 0 radical (unpaired) electrons. The second kappa shape index (κ2) is 6.62. The molecule has 6 heteroatoms. The first-order valence-electron chi connectivity index (χ1n) is 7.55. The molecule has 2 aromatic carbocycles. The molecular weight excluding hydrogens is 309 g/mol. The number of fused-ring (bicyclic) bond motifs is 1. The molecule has 3 aromatic rings. The SMILES string of the molecule is Cn1nc(C(=O)NCCc2ccccc2F)c2ccccc2c1=O. The molecule has 122 valence electrons. The summed E-state index contributed by atoms with van der Waals surface area (Å²) >= 11 is 0. The zero-order valence-corrected chi connectivity index (χ0v) is 13.1. The molecule has 3 rings (SSSR count). The minimum Gasteiger partial charge on any atom is -0.350 e. The molecule has 1 amide bonds. The van der Waals surface area contributed by atoms with Crippen molar-refractivity contribution in [1.29, 1.82) is 0 Å². The van der Waals surface area contributed by atoms with Crippen LogP contribution >= 0.6 is 0 Å². The number of aryl methyl sites for hydroxylation is 1. The van der Waals surface area contributed by atoms with Gasteiger partial charge in [-0.1, -0.05) is 36.4 Å². The van der Waals surface area contributed by atoms with Crippen molar-refractivity contribution < 1.29 is 9.18 Å². The third kappa shape index (κ3) is 3.03. The van der Waals surface area contributed by atoms with Crippen LogP contribution in [-0.2, 0) is 13.5 Å². The van der Waals surface area contributed by atoms with Gasteiger partial charge in [0, 0.05) is 19.0 Å². The highest BCUT2D eigenvalue weighted by Gasteiger charge is 2.15. The van der Waals surface area contributed by atoms with E-state index in [-0.39, 0.29) is 23.6 Å². The maximum atomic E-state index is 13.6. The second-order valence-corrected chi connectivity index (χ2v) is 5.42. The summed E-state index contributed by atoms with van der Waals surface area (Å²) in [7, 11) is 1.50. The van der Waals surface area contributed by atoms with Gasteiger partial charge in [-0.05, 0) is 24.1 Å². The van der Waals surface area contributed by atoms with Gasteiger partial charge >= 0.3 is 0 Å². The van der Waals surface area contributed by atoms with Gasteiger partial charge < -0.3 is 5.32 Å². The lowest BCUT2D eigenvalue weighted by atomic mass is 10.1. The Hall–Kier alpha value is -3.02. The fourth-order valence-electron chi connectivity index (χ4n) is 2.56. The lowest BCUT2D eigenvalue weighted by molar-refractivity contribution is 0.0948. The van der Waals surface area contributed by atoms with E-state index < -0.39 is 5.91 Å². The molecule has 0 aliphatic heterocycles. The normalized spacial score (nSPS) is 10.8. The highest BCUT2D eigenvalue weighted by atomic mass is 19.1. The number of benzene rings is 2. The second-order valence-electron chi connectivity index (χ2n) is 5.42. The maximum absolute atomic E-state index is 13.6. The number of halogens is 1. The van der Waals surface area contributed by atoms with Crippen LogP contribution in [0.3, 0.4) is 0 Å². The Labute approximate surface area is 137 Å². The molecule has 0 aliphatic carbocycles. The number of carbonyl (C=O) groups excluding carboxylic acids is 1. The van der Waals surface area contributed by atoms with Crippen LogP contribution in [0, 0.1) is 5.82 Å². The highest BCUT2D eigenvalue weighted by molar-refractivity contribution is 6.04. The van der Waals surface area contributed by atoms with Crippen molar-refractivity contribution in [3.8, 4) is 0 Å². The van der Waals surface area contributed by atoms with Crippen molar-refractivity contribution in [2.75, 3.05) is 6.54 Å². The van der Waals surface area contributed by atoms with E-state index in [1.165, 1.54) is 13.1 Å². The van der Waals surface area contributed by atoms with E-state index >= 15 is 0 Å². The first kappa shape index (κ1) is 15.9. The molecule has 0 saturated heterocycles. The van der Waals surface area contributed by atoms with Gasteiger partial charge in [-0.15, -0.1) is 0 Å². The predicted molar refractivity (Wildman–Crippen MR) is 89.4 cm³/mol. The van der Waals surface area contributed by atoms with Crippen molar-refractivity contribution in [2.45, 2.75) is 6.42 Å². The molecule has 0 unspecified atom stereocenters. The van der Waals surface area contributed by atoms with Crippen molar-refractivity contribution >= 4 is 16.7 Å². The summed E-state index contributed by atoms with van der Waals surface area (Å²) in [5, 5.41) is 7.73. The smallest absolute Gasteiger partial charge is 0.274 e. The Morgan fingerprint density at radius 2 is 1.79 bits per heavy atom. The standard InChI is InChI=1S/C18H16FN3O2/c1-22-18(24)14-8-4-3-7-13(14)16(21-22)17(23)20-11-10-12-6-2-5-9-15(12)19/h2-9H,10-11H2,1H3,(H,20,23). The Kier molecular flexibility index (Phi) is 4.37. The third-order valence-corrected chi connectivity index (χ3v) is 3.81. The zero-order valence-electron chi connectivity index (χ0n) is 13.1. The lowest BCUT2D eigenvalue weighted by Gasteiger charge is -2.09. The summed E-state index contributed by atoms with van der Waals surface area (Å²) in [6, 6.07) is 13.3. The summed E-state index contributed by atoms with van der Waals surface area (Å²) in [5.74, 6) is -0.685. The molecule has 0 spiro atoms. The Bertz CT molecular complexity index is 966. The van der Waals surface area contributed by atoms with E-state index in [0.717, 1.165) is 4.68 Å². The van der Waals surface area contributed by atoms with Gasteiger partial charge in [0.25, 0.3) is 11.5 Å². The topological polar surface area (TPSA) is 64.0 Å². The third-order valence-electron chi connectivity index (χ3n) is 3.81. The number of aromatic nitrogens is 2. The zero-order chi connectivity index (χ0) is 17.1. The number of amides is 1. The first-order chi connectivity index (χ1) is 11.6. The lowest BCUT2D eigenvalue weighted by Crippen LogP contribution is -2.30. The Morgan fingerprint density at radius 1 is 1.12 bits per heavy atom. The molecule has 0 saturated carbocycles. The average Bonchev–Trinajstić information content (AvgIpc) is 2.59. The minimum absolute atomic E-state index is 0.182. The fraction of sp³-hybridized carbons (Fsp3) is 0.167. The van der Waals surface area contributed by atoms with Crippen LogP contribution in [0.2, 0.25) is 0 Å². The van der Waals surface area contributed by atoms with Gasteiger partial charge in [0.1, 0.15) is 5.82 Å². The molecule has 0 aliphatic rings. The number of rotatable bonds is 4. The highest BCUT2D eigenvalue weighted by Crippen LogP contribution is 2.13. The summed E-state index contributed by atoms with van der Waals surface area (Å²) in [6.07, 6.45) is 0.377. The summed E-state index contributed by atoms with van der Waals surface area (Å²) in [4.78, 5) is 24.5. The van der Waals surface area contributed by atoms with Crippen LogP contribution in [0.15, 0.2) is 53.3 Å². The van der Waals surface area contributed by atoms with Gasteiger partial charge in [0.15, 0.2) is 5.69 Å². The summed E-state index contributed by atoms with van der Waals surface area (Å²) in [5.41, 5.74) is 0.464. The predicted octanol–water partition coefficient (Wildman–Crippen LogP) is 2.05. The van der Waals surface area contributed by atoms with Crippen LogP contribution in [0.5, 0.6) is 0 Å². The molecule has 5 nitrogen and oxygen atoms in total. The average molecular weight is 325 g/mol. The Morgan fingerprint density at radius 3 is 2.54 bits per heavy atom. The minimum atomic E-state index is -0.391. The van der Waals surface area contributed by atoms with E-state index in [9.17, 15) is 14.0 Å². The summed E-state index contributed by atoms with van der Waals surface area (Å²) in [6.45, 7) is 0.276. The van der Waals surface area contributed by atoms with E-state index in [1.54, 1.807) is 42.5 Å². The van der Waals surface area contributed by atoms with Crippen LogP contribution in [0.4, 0.5) is 4.39 Å². The largest absolute Gasteiger partial charge is 0.350 e. The van der Waals surface area contributed by atoms with Gasteiger partial charge in [0.05, 0.1) is 5.39 Å². The van der Waals surface area contributed by atoms with Crippen molar-refractivity contribution in [3.63, 3.8) is 0 Å². The molecule has 0 bridgehead atoms. The van der Waals surface area contributed by atoms with Crippen molar-refractivity contribution in [3.05, 3.63) is 76.0 Å². The van der Waals surface area contributed by atoms with E-state index in [4.69, 9.17) is 0 Å². The molecule has 0 fully saturated rings. The molecule has 1 aromatic heterocycles. The van der Waals surface area contributed by atoms with E-state index in [2.05, 4.69) is 10.4 Å². The fourth-order valence-corrected chi connectivity index (χ4v) is 2.56. The maximum Gasteiger partial charge on any atom is 0.274 e. The molecule has 0 atom stereocenters. The quantitative estimate of drug-likeness (QED) is 0.798. The monoisotopic (exact) mass is 325 g/mol. The number of hydrogen-bond donors (Lipinski definition) is 1. The van der Waals surface area contributed by atoms with Gasteiger partial charge in [-0.25, -0.2) is 9.07 Å². The first-order valence-corrected chi connectivity index (χ1v) is 7.55. The van der Waals surface area contributed by atoms with E-state index in [1.807, 2.05) is 0 Å². The van der Waals surface area contributed by atoms with Crippen LogP contribution in [0.25, 0.3) is 10.8 Å². The number of nitrogens with zero attached hydrogens (tertiary/aromatic N) is 2. The van der Waals surface area contributed by atoms with Gasteiger partial charge in [0.2, 0.25) is 0 Å². The number of nitrogens with one attached hydrogen (secondary N) is 1. The van der Waals surface area contributed by atoms with Crippen molar-refractivity contribution in [1.82, 2.24) is 15.1 Å². The Balaban J connectivity index is 1.81. The van der Waals surface area contributed by atoms with Crippen molar-refractivity contribution in [2.24, 2.45) is 7.05 Å². The van der Waals surface area contributed by atoms with Crippen LogP contribution < -0.4 is 10.9 Å². The molecule has 24 heavy (non-hydrogen) atoms. The van der Waals surface area contributed by atoms with E-state index in [0.29, 0.717) is 22.8 Å². The van der Waals surface area contributed by atoms with Crippen LogP contribution in [0.1, 0.15) is 16.1 Å². The number of carbonyl (C=O) groups is 1. The van der Waals surface area contributed by atoms with Gasteiger partial charge in [-0.3, -0.25) is 9.59 Å².